The third-order valence-corrected chi connectivity index (χ3v) is 2.86. The Morgan fingerprint density at radius 3 is 2.57 bits per heavy atom. The first-order valence-corrected chi connectivity index (χ1v) is 5.25. The second-order valence-corrected chi connectivity index (χ2v) is 4.08. The van der Waals surface area contributed by atoms with Crippen LogP contribution in [0.4, 0.5) is 0 Å². The molecule has 2 nitrogen and oxygen atoms in total. The molecule has 0 radical (unpaired) electrons. The van der Waals surface area contributed by atoms with Gasteiger partial charge in [0.05, 0.1) is 4.48 Å². The summed E-state index contributed by atoms with van der Waals surface area (Å²) < 4.78 is 0.674. The summed E-state index contributed by atoms with van der Waals surface area (Å²) in [5.74, 6) is 0.0776. The Hall–Kier alpha value is -1.09. The predicted octanol–water partition coefficient (Wildman–Crippen LogP) is 2.31. The standard InChI is InChI=1S/C11H10BrNO/c12-10-6-7-13(11(10)14)8-9-4-2-1-3-5-9/h1-6H,7-8H2. The minimum absolute atomic E-state index is 0.0776. The zero-order valence-corrected chi connectivity index (χ0v) is 9.20. The summed E-state index contributed by atoms with van der Waals surface area (Å²) in [7, 11) is 0. The van der Waals surface area contributed by atoms with Gasteiger partial charge in [0.25, 0.3) is 5.91 Å². The zero-order valence-electron chi connectivity index (χ0n) is 7.61. The van der Waals surface area contributed by atoms with Gasteiger partial charge in [-0.25, -0.2) is 0 Å². The number of amides is 1. The molecule has 0 saturated carbocycles. The SMILES string of the molecule is O=C1C(Br)=CCN1Cc1ccccc1. The lowest BCUT2D eigenvalue weighted by atomic mass is 10.2. The number of carbonyl (C=O) groups is 1. The number of hydrogen-bond donors (Lipinski definition) is 0. The Labute approximate surface area is 91.3 Å². The highest BCUT2D eigenvalue weighted by atomic mass is 79.9. The fourth-order valence-electron chi connectivity index (χ4n) is 1.45. The molecule has 0 aliphatic carbocycles. The van der Waals surface area contributed by atoms with Crippen LogP contribution in [0.3, 0.4) is 0 Å². The van der Waals surface area contributed by atoms with Crippen molar-refractivity contribution in [1.82, 2.24) is 4.90 Å². The van der Waals surface area contributed by atoms with Gasteiger partial charge >= 0.3 is 0 Å². The number of carbonyl (C=O) groups excluding carboxylic acids is 1. The summed E-state index contributed by atoms with van der Waals surface area (Å²) in [6.07, 6.45) is 1.89. The van der Waals surface area contributed by atoms with Gasteiger partial charge in [0.2, 0.25) is 0 Å². The van der Waals surface area contributed by atoms with Gasteiger partial charge in [0.1, 0.15) is 0 Å². The van der Waals surface area contributed by atoms with E-state index in [9.17, 15) is 4.79 Å². The Bertz CT molecular complexity index is 372. The van der Waals surface area contributed by atoms with E-state index in [1.807, 2.05) is 36.4 Å². The van der Waals surface area contributed by atoms with Crippen LogP contribution in [0.1, 0.15) is 5.56 Å². The average Bonchev–Trinajstić information content (AvgIpc) is 2.52. The summed E-state index contributed by atoms with van der Waals surface area (Å²) in [6, 6.07) is 10.00. The van der Waals surface area contributed by atoms with E-state index < -0.39 is 0 Å². The van der Waals surface area contributed by atoms with E-state index in [0.717, 1.165) is 5.56 Å². The third-order valence-electron chi connectivity index (χ3n) is 2.20. The molecule has 0 atom stereocenters. The molecule has 0 aromatic heterocycles. The fraction of sp³-hybridized carbons (Fsp3) is 0.182. The second kappa shape index (κ2) is 3.96. The van der Waals surface area contributed by atoms with E-state index >= 15 is 0 Å². The molecule has 1 aliphatic heterocycles. The molecular weight excluding hydrogens is 242 g/mol. The van der Waals surface area contributed by atoms with Gasteiger partial charge in [0.15, 0.2) is 0 Å². The number of rotatable bonds is 2. The van der Waals surface area contributed by atoms with E-state index in [0.29, 0.717) is 17.6 Å². The first kappa shape index (κ1) is 9.46. The van der Waals surface area contributed by atoms with Crippen LogP contribution in [-0.4, -0.2) is 17.4 Å². The number of hydrogen-bond acceptors (Lipinski definition) is 1. The highest BCUT2D eigenvalue weighted by molar-refractivity contribution is 9.12. The number of halogens is 1. The average molecular weight is 252 g/mol. The quantitative estimate of drug-likeness (QED) is 0.790. The van der Waals surface area contributed by atoms with Crippen molar-refractivity contribution in [3.8, 4) is 0 Å². The lowest BCUT2D eigenvalue weighted by Gasteiger charge is -2.15. The normalized spacial score (nSPS) is 15.9. The monoisotopic (exact) mass is 251 g/mol. The van der Waals surface area contributed by atoms with Gasteiger partial charge in [0, 0.05) is 13.1 Å². The van der Waals surface area contributed by atoms with Gasteiger partial charge in [-0.15, -0.1) is 0 Å². The van der Waals surface area contributed by atoms with Crippen molar-refractivity contribution in [2.75, 3.05) is 6.54 Å². The molecule has 0 unspecified atom stereocenters. The highest BCUT2D eigenvalue weighted by Crippen LogP contribution is 2.18. The van der Waals surface area contributed by atoms with Gasteiger partial charge in [-0.05, 0) is 27.6 Å². The molecule has 1 amide bonds. The van der Waals surface area contributed by atoms with Crippen LogP contribution in [0, 0.1) is 0 Å². The van der Waals surface area contributed by atoms with Crippen LogP contribution < -0.4 is 0 Å². The maximum Gasteiger partial charge on any atom is 0.261 e. The molecule has 1 aromatic rings. The van der Waals surface area contributed by atoms with E-state index in [1.165, 1.54) is 0 Å². The van der Waals surface area contributed by atoms with Crippen molar-refractivity contribution in [2.24, 2.45) is 0 Å². The molecule has 0 saturated heterocycles. The highest BCUT2D eigenvalue weighted by Gasteiger charge is 2.21. The van der Waals surface area contributed by atoms with E-state index in [2.05, 4.69) is 15.9 Å². The van der Waals surface area contributed by atoms with Crippen molar-refractivity contribution >= 4 is 21.8 Å². The second-order valence-electron chi connectivity index (χ2n) is 3.22. The van der Waals surface area contributed by atoms with Crippen molar-refractivity contribution < 1.29 is 4.79 Å². The molecule has 2 rings (SSSR count). The molecule has 1 heterocycles. The summed E-state index contributed by atoms with van der Waals surface area (Å²) in [6.45, 7) is 1.39. The topological polar surface area (TPSA) is 20.3 Å². The van der Waals surface area contributed by atoms with Gasteiger partial charge in [-0.3, -0.25) is 4.79 Å². The fourth-order valence-corrected chi connectivity index (χ4v) is 1.85. The molecule has 0 spiro atoms. The van der Waals surface area contributed by atoms with Crippen LogP contribution in [0.15, 0.2) is 40.9 Å². The molecule has 0 bridgehead atoms. The molecule has 1 aromatic carbocycles. The van der Waals surface area contributed by atoms with Crippen LogP contribution in [0.25, 0.3) is 0 Å². The first-order valence-electron chi connectivity index (χ1n) is 4.46. The van der Waals surface area contributed by atoms with Crippen LogP contribution in [-0.2, 0) is 11.3 Å². The Morgan fingerprint density at radius 2 is 2.00 bits per heavy atom. The summed E-state index contributed by atoms with van der Waals surface area (Å²) >= 11 is 3.23. The predicted molar refractivity (Wildman–Crippen MR) is 58.9 cm³/mol. The Kier molecular flexibility index (Phi) is 2.68. The largest absolute Gasteiger partial charge is 0.330 e. The molecular formula is C11H10BrNO. The van der Waals surface area contributed by atoms with E-state index in [4.69, 9.17) is 0 Å². The van der Waals surface area contributed by atoms with Gasteiger partial charge in [-0.1, -0.05) is 30.3 Å². The first-order chi connectivity index (χ1) is 6.77. The third kappa shape index (κ3) is 1.87. The molecule has 0 fully saturated rings. The van der Waals surface area contributed by atoms with Crippen LogP contribution in [0.5, 0.6) is 0 Å². The molecule has 72 valence electrons. The van der Waals surface area contributed by atoms with Gasteiger partial charge < -0.3 is 4.90 Å². The summed E-state index contributed by atoms with van der Waals surface area (Å²) in [5.41, 5.74) is 1.16. The number of benzene rings is 1. The number of nitrogens with zero attached hydrogens (tertiary/aromatic N) is 1. The van der Waals surface area contributed by atoms with Crippen LogP contribution >= 0.6 is 15.9 Å². The van der Waals surface area contributed by atoms with Crippen molar-refractivity contribution in [3.05, 3.63) is 46.5 Å². The maximum absolute atomic E-state index is 11.5. The Morgan fingerprint density at radius 1 is 1.29 bits per heavy atom. The minimum atomic E-state index is 0.0776. The summed E-state index contributed by atoms with van der Waals surface area (Å²) in [4.78, 5) is 13.3. The molecule has 3 heteroatoms. The minimum Gasteiger partial charge on any atom is -0.330 e. The van der Waals surface area contributed by atoms with Crippen LogP contribution in [0.2, 0.25) is 0 Å². The lowest BCUT2D eigenvalue weighted by molar-refractivity contribution is -0.125. The van der Waals surface area contributed by atoms with Gasteiger partial charge in [-0.2, -0.15) is 0 Å². The van der Waals surface area contributed by atoms with Crippen molar-refractivity contribution in [3.63, 3.8) is 0 Å². The van der Waals surface area contributed by atoms with Crippen molar-refractivity contribution in [1.29, 1.82) is 0 Å². The summed E-state index contributed by atoms with van der Waals surface area (Å²) in [5, 5.41) is 0. The maximum atomic E-state index is 11.5. The molecule has 14 heavy (non-hydrogen) atoms. The molecule has 1 aliphatic rings. The zero-order chi connectivity index (χ0) is 9.97. The lowest BCUT2D eigenvalue weighted by Crippen LogP contribution is -2.25. The smallest absolute Gasteiger partial charge is 0.261 e. The Balaban J connectivity index is 2.04. The van der Waals surface area contributed by atoms with E-state index in [1.54, 1.807) is 4.90 Å². The van der Waals surface area contributed by atoms with E-state index in [-0.39, 0.29) is 5.91 Å². The van der Waals surface area contributed by atoms with Crippen molar-refractivity contribution in [2.45, 2.75) is 6.54 Å². The molecule has 0 N–H and O–H groups in total.